The number of hydrogen-bond donors (Lipinski definition) is 1. The average molecular weight is 268 g/mol. The predicted molar refractivity (Wildman–Crippen MR) is 76.0 cm³/mol. The van der Waals surface area contributed by atoms with Crippen LogP contribution >= 0.6 is 11.6 Å². The maximum atomic E-state index is 6.20. The molecule has 2 N–H and O–H groups in total. The molecule has 0 saturated heterocycles. The molecule has 0 aliphatic heterocycles. The fraction of sp³-hybridized carbons (Fsp3) is 0.600. The molecule has 1 aliphatic carbocycles. The molecule has 0 atom stereocenters. The van der Waals surface area contributed by atoms with Crippen molar-refractivity contribution in [3.63, 3.8) is 0 Å². The number of halogens is 1. The summed E-state index contributed by atoms with van der Waals surface area (Å²) in [7, 11) is 0. The zero-order valence-electron chi connectivity index (χ0n) is 11.0. The van der Waals surface area contributed by atoms with E-state index in [9.17, 15) is 0 Å². The molecule has 0 spiro atoms. The second-order valence-electron chi connectivity index (χ2n) is 5.14. The van der Waals surface area contributed by atoms with Crippen molar-refractivity contribution in [2.75, 3.05) is 0 Å². The predicted octanol–water partition coefficient (Wildman–Crippen LogP) is 4.15. The second kappa shape index (κ2) is 6.44. The van der Waals surface area contributed by atoms with E-state index in [-0.39, 0.29) is 0 Å². The lowest BCUT2D eigenvalue weighted by atomic mass is 9.86. The summed E-state index contributed by atoms with van der Waals surface area (Å²) in [5, 5.41) is 0.676. The Hall–Kier alpha value is -0.730. The maximum absolute atomic E-state index is 6.20. The van der Waals surface area contributed by atoms with E-state index in [4.69, 9.17) is 22.1 Å². The van der Waals surface area contributed by atoms with Crippen LogP contribution < -0.4 is 10.5 Å². The number of nitrogens with two attached hydrogens (primary N) is 1. The highest BCUT2D eigenvalue weighted by molar-refractivity contribution is 6.32. The molecule has 0 bridgehead atoms. The zero-order valence-corrected chi connectivity index (χ0v) is 11.7. The first-order valence-electron chi connectivity index (χ1n) is 6.88. The van der Waals surface area contributed by atoms with Crippen molar-refractivity contribution in [2.45, 2.75) is 51.7 Å². The fourth-order valence-electron chi connectivity index (χ4n) is 2.60. The third-order valence-corrected chi connectivity index (χ3v) is 4.19. The Balaban J connectivity index is 1.94. The summed E-state index contributed by atoms with van der Waals surface area (Å²) < 4.78 is 6.01. The molecular formula is C15H22ClNO. The standard InChI is InChI=1S/C15H22ClNO/c1-2-11-3-6-13(7-4-11)18-15-8-5-12(10-17)9-14(15)16/h5,8-9,11,13H,2-4,6-7,10,17H2,1H3. The highest BCUT2D eigenvalue weighted by Crippen LogP contribution is 2.32. The molecule has 1 saturated carbocycles. The van der Waals surface area contributed by atoms with E-state index >= 15 is 0 Å². The van der Waals surface area contributed by atoms with Crippen molar-refractivity contribution in [3.8, 4) is 5.75 Å². The summed E-state index contributed by atoms with van der Waals surface area (Å²) in [5.41, 5.74) is 6.63. The molecule has 18 heavy (non-hydrogen) atoms. The molecule has 3 heteroatoms. The third-order valence-electron chi connectivity index (χ3n) is 3.90. The van der Waals surface area contributed by atoms with Gasteiger partial charge in [0.2, 0.25) is 0 Å². The highest BCUT2D eigenvalue weighted by Gasteiger charge is 2.21. The molecule has 0 radical (unpaired) electrons. The third kappa shape index (κ3) is 3.39. The van der Waals surface area contributed by atoms with Gasteiger partial charge < -0.3 is 10.5 Å². The smallest absolute Gasteiger partial charge is 0.138 e. The van der Waals surface area contributed by atoms with Crippen LogP contribution in [0.5, 0.6) is 5.75 Å². The van der Waals surface area contributed by atoms with Crippen molar-refractivity contribution in [1.82, 2.24) is 0 Å². The van der Waals surface area contributed by atoms with E-state index in [0.29, 0.717) is 17.7 Å². The number of ether oxygens (including phenoxy) is 1. The van der Waals surface area contributed by atoms with Crippen molar-refractivity contribution in [1.29, 1.82) is 0 Å². The summed E-state index contributed by atoms with van der Waals surface area (Å²) in [4.78, 5) is 0. The van der Waals surface area contributed by atoms with E-state index in [2.05, 4.69) is 6.92 Å². The zero-order chi connectivity index (χ0) is 13.0. The van der Waals surface area contributed by atoms with E-state index in [1.807, 2.05) is 18.2 Å². The summed E-state index contributed by atoms with van der Waals surface area (Å²) >= 11 is 6.20. The van der Waals surface area contributed by atoms with Crippen LogP contribution in [0.1, 0.15) is 44.6 Å². The molecule has 2 rings (SSSR count). The Morgan fingerprint density at radius 3 is 2.56 bits per heavy atom. The van der Waals surface area contributed by atoms with Gasteiger partial charge in [-0.1, -0.05) is 31.0 Å². The van der Waals surface area contributed by atoms with Crippen LogP contribution in [0.4, 0.5) is 0 Å². The largest absolute Gasteiger partial charge is 0.489 e. The molecule has 100 valence electrons. The molecule has 0 heterocycles. The van der Waals surface area contributed by atoms with Gasteiger partial charge in [0, 0.05) is 6.54 Å². The fourth-order valence-corrected chi connectivity index (χ4v) is 2.85. The topological polar surface area (TPSA) is 35.2 Å². The van der Waals surface area contributed by atoms with E-state index in [1.54, 1.807) is 0 Å². The van der Waals surface area contributed by atoms with Crippen LogP contribution in [0.25, 0.3) is 0 Å². The summed E-state index contributed by atoms with van der Waals surface area (Å²) in [6, 6.07) is 5.82. The van der Waals surface area contributed by atoms with Crippen LogP contribution in [0.3, 0.4) is 0 Å². The molecule has 1 aromatic rings. The van der Waals surface area contributed by atoms with Crippen LogP contribution in [0.15, 0.2) is 18.2 Å². The molecule has 1 fully saturated rings. The van der Waals surface area contributed by atoms with Gasteiger partial charge in [-0.3, -0.25) is 0 Å². The Morgan fingerprint density at radius 2 is 2.00 bits per heavy atom. The maximum Gasteiger partial charge on any atom is 0.138 e. The molecule has 0 amide bonds. The summed E-state index contributed by atoms with van der Waals surface area (Å²) in [5.74, 6) is 1.69. The SMILES string of the molecule is CCC1CCC(Oc2ccc(CN)cc2Cl)CC1. The normalized spacial score (nSPS) is 23.9. The summed E-state index contributed by atoms with van der Waals surface area (Å²) in [6.45, 7) is 2.79. The van der Waals surface area contributed by atoms with Crippen molar-refractivity contribution in [2.24, 2.45) is 11.7 Å². The van der Waals surface area contributed by atoms with Crippen LogP contribution in [0.2, 0.25) is 5.02 Å². The second-order valence-corrected chi connectivity index (χ2v) is 5.54. The van der Waals surface area contributed by atoms with Gasteiger partial charge in [0.25, 0.3) is 0 Å². The molecule has 0 aromatic heterocycles. The molecule has 1 aliphatic rings. The number of rotatable bonds is 4. The lowest BCUT2D eigenvalue weighted by Crippen LogP contribution is -2.24. The minimum absolute atomic E-state index is 0.328. The first-order chi connectivity index (χ1) is 8.72. The van der Waals surface area contributed by atoms with Crippen molar-refractivity contribution in [3.05, 3.63) is 28.8 Å². The Kier molecular flexibility index (Phi) is 4.90. The van der Waals surface area contributed by atoms with E-state index in [1.165, 1.54) is 19.3 Å². The van der Waals surface area contributed by atoms with E-state index in [0.717, 1.165) is 30.1 Å². The average Bonchev–Trinajstić information content (AvgIpc) is 2.42. The molecule has 2 nitrogen and oxygen atoms in total. The van der Waals surface area contributed by atoms with Gasteiger partial charge >= 0.3 is 0 Å². The lowest BCUT2D eigenvalue weighted by Gasteiger charge is -2.28. The van der Waals surface area contributed by atoms with Gasteiger partial charge in [0.15, 0.2) is 0 Å². The quantitative estimate of drug-likeness (QED) is 0.890. The van der Waals surface area contributed by atoms with Crippen LogP contribution in [-0.2, 0) is 6.54 Å². The van der Waals surface area contributed by atoms with Crippen molar-refractivity contribution < 1.29 is 4.74 Å². The number of benzene rings is 1. The lowest BCUT2D eigenvalue weighted by molar-refractivity contribution is 0.130. The molecular weight excluding hydrogens is 246 g/mol. The molecule has 1 aromatic carbocycles. The van der Waals surface area contributed by atoms with Crippen LogP contribution in [-0.4, -0.2) is 6.10 Å². The van der Waals surface area contributed by atoms with Gasteiger partial charge in [0.1, 0.15) is 5.75 Å². The van der Waals surface area contributed by atoms with Gasteiger partial charge in [0.05, 0.1) is 11.1 Å². The first-order valence-corrected chi connectivity index (χ1v) is 7.25. The Bertz CT molecular complexity index is 386. The van der Waals surface area contributed by atoms with E-state index < -0.39 is 0 Å². The Morgan fingerprint density at radius 1 is 1.28 bits per heavy atom. The van der Waals surface area contributed by atoms with Gasteiger partial charge in [-0.2, -0.15) is 0 Å². The number of hydrogen-bond acceptors (Lipinski definition) is 2. The highest BCUT2D eigenvalue weighted by atomic mass is 35.5. The van der Waals surface area contributed by atoms with Crippen LogP contribution in [0, 0.1) is 5.92 Å². The van der Waals surface area contributed by atoms with Gasteiger partial charge in [-0.05, 0) is 49.3 Å². The first kappa shape index (κ1) is 13.7. The molecule has 0 unspecified atom stereocenters. The minimum atomic E-state index is 0.328. The monoisotopic (exact) mass is 267 g/mol. The van der Waals surface area contributed by atoms with Gasteiger partial charge in [-0.25, -0.2) is 0 Å². The van der Waals surface area contributed by atoms with Crippen molar-refractivity contribution >= 4 is 11.6 Å². The summed E-state index contributed by atoms with van der Waals surface area (Å²) in [6.07, 6.45) is 6.47. The van der Waals surface area contributed by atoms with Gasteiger partial charge in [-0.15, -0.1) is 0 Å². The Labute approximate surface area is 114 Å². The minimum Gasteiger partial charge on any atom is -0.489 e.